The van der Waals surface area contributed by atoms with Gasteiger partial charge in [-0.05, 0) is 57.0 Å². The van der Waals surface area contributed by atoms with Crippen LogP contribution in [0, 0.1) is 12.8 Å². The molecule has 7 heteroatoms. The summed E-state index contributed by atoms with van der Waals surface area (Å²) in [7, 11) is 0. The van der Waals surface area contributed by atoms with Gasteiger partial charge in [0.25, 0.3) is 0 Å². The first-order valence-corrected chi connectivity index (χ1v) is 11.6. The van der Waals surface area contributed by atoms with E-state index in [2.05, 4.69) is 58.5 Å². The third-order valence-corrected chi connectivity index (χ3v) is 6.43. The van der Waals surface area contributed by atoms with Crippen molar-refractivity contribution in [3.8, 4) is 11.4 Å². The van der Waals surface area contributed by atoms with E-state index in [0.717, 1.165) is 43.5 Å². The number of aromatic nitrogens is 2. The molecule has 3 aromatic rings. The second-order valence-corrected chi connectivity index (χ2v) is 8.83. The van der Waals surface area contributed by atoms with Crippen molar-refractivity contribution in [1.29, 1.82) is 0 Å². The Hall–Kier alpha value is -2.70. The Balaban J connectivity index is 1.29. The van der Waals surface area contributed by atoms with Crippen molar-refractivity contribution in [3.05, 3.63) is 70.6 Å². The summed E-state index contributed by atoms with van der Waals surface area (Å²) in [5.41, 5.74) is 3.15. The van der Waals surface area contributed by atoms with Gasteiger partial charge in [-0.3, -0.25) is 9.69 Å². The molecule has 168 valence electrons. The summed E-state index contributed by atoms with van der Waals surface area (Å²) in [4.78, 5) is 19.6. The average Bonchev–Trinajstić information content (AvgIpc) is 3.27. The van der Waals surface area contributed by atoms with Crippen molar-refractivity contribution in [2.75, 3.05) is 13.1 Å². The van der Waals surface area contributed by atoms with Crippen molar-refractivity contribution >= 4 is 17.5 Å². The Morgan fingerprint density at radius 3 is 2.59 bits per heavy atom. The number of nitrogens with zero attached hydrogens (tertiary/aromatic N) is 3. The van der Waals surface area contributed by atoms with Crippen LogP contribution in [-0.2, 0) is 11.3 Å². The molecule has 1 unspecified atom stereocenters. The van der Waals surface area contributed by atoms with Crippen LogP contribution in [0.5, 0.6) is 0 Å². The van der Waals surface area contributed by atoms with E-state index in [4.69, 9.17) is 16.1 Å². The summed E-state index contributed by atoms with van der Waals surface area (Å²) < 4.78 is 5.43. The molecule has 1 aromatic heterocycles. The number of hydrogen-bond donors (Lipinski definition) is 1. The molecule has 0 aliphatic carbocycles. The maximum atomic E-state index is 12.9. The summed E-state index contributed by atoms with van der Waals surface area (Å²) in [5, 5.41) is 7.92. The zero-order valence-electron chi connectivity index (χ0n) is 18.6. The van der Waals surface area contributed by atoms with E-state index in [0.29, 0.717) is 23.3 Å². The van der Waals surface area contributed by atoms with Gasteiger partial charge in [0.2, 0.25) is 17.6 Å². The second kappa shape index (κ2) is 10.3. The maximum Gasteiger partial charge on any atom is 0.241 e. The van der Waals surface area contributed by atoms with Crippen LogP contribution in [0.25, 0.3) is 11.4 Å². The molecule has 0 saturated carbocycles. The van der Waals surface area contributed by atoms with Gasteiger partial charge in [-0.15, -0.1) is 0 Å². The Bertz CT molecular complexity index is 1040. The van der Waals surface area contributed by atoms with Gasteiger partial charge in [-0.1, -0.05) is 65.6 Å². The number of nitrogens with one attached hydrogen (secondary N) is 1. The summed E-state index contributed by atoms with van der Waals surface area (Å²) in [6, 6.07) is 15.9. The average molecular weight is 453 g/mol. The highest BCUT2D eigenvalue weighted by Crippen LogP contribution is 2.26. The molecule has 0 spiro atoms. The highest BCUT2D eigenvalue weighted by molar-refractivity contribution is 6.33. The Labute approximate surface area is 194 Å². The van der Waals surface area contributed by atoms with Crippen molar-refractivity contribution in [3.63, 3.8) is 0 Å². The quantitative estimate of drug-likeness (QED) is 0.535. The van der Waals surface area contributed by atoms with Crippen LogP contribution in [0.3, 0.4) is 0 Å². The normalized spacial score (nSPS) is 16.1. The molecule has 1 aliphatic rings. The van der Waals surface area contributed by atoms with Crippen LogP contribution in [-0.4, -0.2) is 34.0 Å². The van der Waals surface area contributed by atoms with E-state index >= 15 is 0 Å². The predicted octanol–water partition coefficient (Wildman–Crippen LogP) is 5.18. The maximum absolute atomic E-state index is 12.9. The van der Waals surface area contributed by atoms with E-state index in [1.54, 1.807) is 0 Å². The van der Waals surface area contributed by atoms with Crippen LogP contribution in [0.4, 0.5) is 0 Å². The minimum absolute atomic E-state index is 0.0344. The fraction of sp³-hybridized carbons (Fsp3) is 0.400. The highest BCUT2D eigenvalue weighted by atomic mass is 35.5. The van der Waals surface area contributed by atoms with Gasteiger partial charge >= 0.3 is 0 Å². The molecule has 1 saturated heterocycles. The minimum atomic E-state index is 0.0344. The number of aryl methyl sites for hydroxylation is 1. The van der Waals surface area contributed by atoms with Crippen molar-refractivity contribution in [2.24, 2.45) is 5.92 Å². The smallest absolute Gasteiger partial charge is 0.241 e. The van der Waals surface area contributed by atoms with Crippen molar-refractivity contribution in [1.82, 2.24) is 20.4 Å². The molecule has 0 radical (unpaired) electrons. The highest BCUT2D eigenvalue weighted by Gasteiger charge is 2.27. The monoisotopic (exact) mass is 452 g/mol. The van der Waals surface area contributed by atoms with E-state index in [-0.39, 0.29) is 17.9 Å². The molecule has 4 rings (SSSR count). The van der Waals surface area contributed by atoms with Crippen LogP contribution in [0.2, 0.25) is 5.02 Å². The van der Waals surface area contributed by atoms with Crippen LogP contribution in [0.1, 0.15) is 49.2 Å². The van der Waals surface area contributed by atoms with Gasteiger partial charge < -0.3 is 9.84 Å². The molecule has 2 heterocycles. The molecule has 1 atom stereocenters. The largest absolute Gasteiger partial charge is 0.349 e. The van der Waals surface area contributed by atoms with Gasteiger partial charge in [0.05, 0.1) is 17.6 Å². The third-order valence-electron chi connectivity index (χ3n) is 6.10. The first-order chi connectivity index (χ1) is 15.5. The number of benzene rings is 2. The lowest BCUT2D eigenvalue weighted by Gasteiger charge is -2.31. The Morgan fingerprint density at radius 2 is 1.91 bits per heavy atom. The molecule has 1 aliphatic heterocycles. The summed E-state index contributed by atoms with van der Waals surface area (Å²) in [6.45, 7) is 6.40. The number of piperidine rings is 1. The van der Waals surface area contributed by atoms with E-state index in [1.807, 2.05) is 24.3 Å². The van der Waals surface area contributed by atoms with Crippen LogP contribution in [0.15, 0.2) is 53.1 Å². The number of rotatable bonds is 7. The molecule has 6 nitrogen and oxygen atoms in total. The van der Waals surface area contributed by atoms with Crippen LogP contribution >= 0.6 is 11.6 Å². The molecule has 2 aromatic carbocycles. The van der Waals surface area contributed by atoms with E-state index in [1.165, 1.54) is 5.56 Å². The molecule has 1 N–H and O–H groups in total. The summed E-state index contributed by atoms with van der Waals surface area (Å²) in [5.74, 6) is 1.25. The zero-order valence-corrected chi connectivity index (χ0v) is 19.3. The second-order valence-electron chi connectivity index (χ2n) is 8.42. The van der Waals surface area contributed by atoms with Gasteiger partial charge in [0.15, 0.2) is 0 Å². The summed E-state index contributed by atoms with van der Waals surface area (Å²) in [6.07, 6.45) is 2.52. The first kappa shape index (κ1) is 22.5. The third kappa shape index (κ3) is 5.37. The molecular weight excluding hydrogens is 424 g/mol. The predicted molar refractivity (Wildman–Crippen MR) is 125 cm³/mol. The van der Waals surface area contributed by atoms with Gasteiger partial charge in [0.1, 0.15) is 0 Å². The fourth-order valence-corrected chi connectivity index (χ4v) is 4.35. The first-order valence-electron chi connectivity index (χ1n) is 11.2. The topological polar surface area (TPSA) is 71.3 Å². The molecule has 32 heavy (non-hydrogen) atoms. The zero-order chi connectivity index (χ0) is 22.5. The Morgan fingerprint density at radius 1 is 1.19 bits per heavy atom. The molecule has 1 amide bonds. The van der Waals surface area contributed by atoms with Gasteiger partial charge in [-0.2, -0.15) is 4.98 Å². The van der Waals surface area contributed by atoms with Gasteiger partial charge in [-0.25, -0.2) is 0 Å². The number of halogens is 1. The minimum Gasteiger partial charge on any atom is -0.349 e. The fourth-order valence-electron chi connectivity index (χ4n) is 4.13. The van der Waals surface area contributed by atoms with Crippen LogP contribution < -0.4 is 5.32 Å². The number of likely N-dealkylation sites (tertiary alicyclic amines) is 1. The number of carbonyl (C=O) groups is 1. The summed E-state index contributed by atoms with van der Waals surface area (Å²) >= 11 is 6.23. The lowest BCUT2D eigenvalue weighted by Crippen LogP contribution is -2.41. The Kier molecular flexibility index (Phi) is 7.22. The number of amides is 1. The van der Waals surface area contributed by atoms with Crippen molar-refractivity contribution in [2.45, 2.75) is 45.7 Å². The van der Waals surface area contributed by atoms with Crippen molar-refractivity contribution < 1.29 is 9.32 Å². The molecule has 1 fully saturated rings. The molecular formula is C25H29ClN4O2. The number of hydrogen-bond acceptors (Lipinski definition) is 5. The van der Waals surface area contributed by atoms with Gasteiger partial charge in [0, 0.05) is 11.5 Å². The van der Waals surface area contributed by atoms with E-state index in [9.17, 15) is 4.79 Å². The lowest BCUT2D eigenvalue weighted by atomic mass is 9.94. The SMILES string of the molecule is CCC(NC(=O)C1CCN(Cc2nc(-c3ccccc3Cl)no2)CC1)c1ccc(C)cc1. The lowest BCUT2D eigenvalue weighted by molar-refractivity contribution is -0.127. The standard InChI is InChI=1S/C25H29ClN4O2/c1-3-22(18-10-8-17(2)9-11-18)27-25(31)19-12-14-30(15-13-19)16-23-28-24(29-32-23)20-6-4-5-7-21(20)26/h4-11,19,22H,3,12-16H2,1-2H3,(H,27,31). The number of carbonyl (C=O) groups excluding carboxylic acids is 1. The van der Waals surface area contributed by atoms with E-state index < -0.39 is 0 Å². The molecule has 0 bridgehead atoms.